The highest BCUT2D eigenvalue weighted by molar-refractivity contribution is 5.80. The first-order valence-electron chi connectivity index (χ1n) is 12.1. The van der Waals surface area contributed by atoms with Crippen LogP contribution in [0.3, 0.4) is 0 Å². The molecular formula is C26H29N7O2. The third-order valence-electron chi connectivity index (χ3n) is 6.27. The summed E-state index contributed by atoms with van der Waals surface area (Å²) < 4.78 is 7.56. The van der Waals surface area contributed by atoms with Crippen molar-refractivity contribution < 1.29 is 9.53 Å². The lowest BCUT2D eigenvalue weighted by molar-refractivity contribution is -0.146. The highest BCUT2D eigenvalue weighted by Crippen LogP contribution is 2.31. The second-order valence-electron chi connectivity index (χ2n) is 8.58. The lowest BCUT2D eigenvalue weighted by Crippen LogP contribution is -2.37. The molecule has 0 amide bonds. The Morgan fingerprint density at radius 3 is 2.63 bits per heavy atom. The van der Waals surface area contributed by atoms with E-state index in [1.807, 2.05) is 25.1 Å². The van der Waals surface area contributed by atoms with Gasteiger partial charge in [0.1, 0.15) is 11.9 Å². The van der Waals surface area contributed by atoms with E-state index in [-0.39, 0.29) is 5.97 Å². The molecule has 1 unspecified atom stereocenters. The van der Waals surface area contributed by atoms with Gasteiger partial charge < -0.3 is 9.30 Å². The number of hydrogen-bond donors (Lipinski definition) is 2. The normalized spacial score (nSPS) is 15.1. The summed E-state index contributed by atoms with van der Waals surface area (Å²) in [5.41, 5.74) is 6.15. The van der Waals surface area contributed by atoms with Gasteiger partial charge >= 0.3 is 5.97 Å². The maximum Gasteiger partial charge on any atom is 0.329 e. The number of aromatic amines is 1. The smallest absolute Gasteiger partial charge is 0.329 e. The molecule has 9 heteroatoms. The molecule has 4 aromatic rings. The van der Waals surface area contributed by atoms with Crippen LogP contribution in [0.4, 0.5) is 0 Å². The first-order chi connectivity index (χ1) is 17.2. The van der Waals surface area contributed by atoms with Crippen molar-refractivity contribution in [2.24, 2.45) is 0 Å². The summed E-state index contributed by atoms with van der Waals surface area (Å²) >= 11 is 0. The Kier molecular flexibility index (Phi) is 6.67. The Labute approximate surface area is 203 Å². The SMILES string of the molecule is CCCc1nc2c(n1Cc1ccc(-c3ccccc3-c3nnn[nH]3)cc1)C(C(=O)OCC)NCC2. The quantitative estimate of drug-likeness (QED) is 0.379. The molecule has 2 N–H and O–H groups in total. The average Bonchev–Trinajstić information content (AvgIpc) is 3.54. The van der Waals surface area contributed by atoms with Gasteiger partial charge in [-0.1, -0.05) is 55.5 Å². The summed E-state index contributed by atoms with van der Waals surface area (Å²) in [6.45, 7) is 5.70. The lowest BCUT2D eigenvalue weighted by atomic mass is 9.98. The van der Waals surface area contributed by atoms with Crippen LogP contribution in [0.25, 0.3) is 22.5 Å². The molecule has 2 aromatic heterocycles. The van der Waals surface area contributed by atoms with Crippen LogP contribution in [0.5, 0.6) is 0 Å². The van der Waals surface area contributed by atoms with Gasteiger partial charge in [0.15, 0.2) is 5.82 Å². The van der Waals surface area contributed by atoms with E-state index in [9.17, 15) is 4.79 Å². The average molecular weight is 472 g/mol. The topological polar surface area (TPSA) is 111 Å². The van der Waals surface area contributed by atoms with Gasteiger partial charge in [0.05, 0.1) is 18.0 Å². The number of nitrogens with zero attached hydrogens (tertiary/aromatic N) is 5. The molecule has 180 valence electrons. The molecule has 0 saturated carbocycles. The second kappa shape index (κ2) is 10.2. The van der Waals surface area contributed by atoms with Gasteiger partial charge in [-0.25, -0.2) is 14.9 Å². The first-order valence-corrected chi connectivity index (χ1v) is 12.1. The zero-order valence-corrected chi connectivity index (χ0v) is 20.0. The van der Waals surface area contributed by atoms with E-state index >= 15 is 0 Å². The molecule has 2 aromatic carbocycles. The van der Waals surface area contributed by atoms with Gasteiger partial charge in [-0.15, -0.1) is 5.10 Å². The summed E-state index contributed by atoms with van der Waals surface area (Å²) in [4.78, 5) is 17.6. The zero-order chi connectivity index (χ0) is 24.2. The summed E-state index contributed by atoms with van der Waals surface area (Å²) in [7, 11) is 0. The number of tetrazole rings is 1. The van der Waals surface area contributed by atoms with Crippen molar-refractivity contribution in [1.82, 2.24) is 35.5 Å². The molecule has 0 bridgehead atoms. The van der Waals surface area contributed by atoms with E-state index in [1.54, 1.807) is 0 Å². The number of H-pyrrole nitrogens is 1. The standard InChI is InChI=1S/C26H29N7O2/c1-3-7-22-28-21-14-15-27-23(26(34)35-4-2)24(21)33(22)16-17-10-12-18(13-11-17)19-8-5-6-9-20(19)25-29-31-32-30-25/h5-6,8-13,23,27H,3-4,7,14-16H2,1-2H3,(H,29,30,31,32). The van der Waals surface area contributed by atoms with Crippen LogP contribution in [0.2, 0.25) is 0 Å². The Bertz CT molecular complexity index is 1300. The van der Waals surface area contributed by atoms with Gasteiger partial charge in [-0.3, -0.25) is 5.32 Å². The molecule has 1 aliphatic rings. The number of carbonyl (C=O) groups is 1. The van der Waals surface area contributed by atoms with Crippen molar-refractivity contribution >= 4 is 5.97 Å². The van der Waals surface area contributed by atoms with Gasteiger partial charge in [0.2, 0.25) is 0 Å². The van der Waals surface area contributed by atoms with Gasteiger partial charge in [0.25, 0.3) is 0 Å². The number of nitrogens with one attached hydrogen (secondary N) is 2. The summed E-state index contributed by atoms with van der Waals surface area (Å²) in [6.07, 6.45) is 2.65. The Balaban J connectivity index is 1.47. The maximum atomic E-state index is 12.7. The molecule has 1 atom stereocenters. The molecule has 0 saturated heterocycles. The minimum absolute atomic E-state index is 0.244. The number of rotatable bonds is 8. The number of fused-ring (bicyclic) bond motifs is 1. The number of hydrogen-bond acceptors (Lipinski definition) is 7. The second-order valence-corrected chi connectivity index (χ2v) is 8.58. The predicted octanol–water partition coefficient (Wildman–Crippen LogP) is 3.48. The van der Waals surface area contributed by atoms with Crippen LogP contribution in [0, 0.1) is 0 Å². The molecule has 0 spiro atoms. The van der Waals surface area contributed by atoms with E-state index in [1.165, 1.54) is 0 Å². The minimum Gasteiger partial charge on any atom is -0.465 e. The fourth-order valence-electron chi connectivity index (χ4n) is 4.70. The van der Waals surface area contributed by atoms with E-state index in [0.717, 1.165) is 58.7 Å². The molecule has 9 nitrogen and oxygen atoms in total. The molecule has 5 rings (SSSR count). The van der Waals surface area contributed by atoms with Crippen molar-refractivity contribution in [2.45, 2.75) is 45.7 Å². The Morgan fingerprint density at radius 2 is 1.91 bits per heavy atom. The maximum absolute atomic E-state index is 12.7. The van der Waals surface area contributed by atoms with Crippen LogP contribution in [0.15, 0.2) is 48.5 Å². The number of carbonyl (C=O) groups excluding carboxylic acids is 1. The Morgan fingerprint density at radius 1 is 1.11 bits per heavy atom. The molecule has 0 radical (unpaired) electrons. The third-order valence-corrected chi connectivity index (χ3v) is 6.27. The minimum atomic E-state index is -0.488. The van der Waals surface area contributed by atoms with E-state index in [0.29, 0.717) is 25.5 Å². The largest absolute Gasteiger partial charge is 0.465 e. The van der Waals surface area contributed by atoms with Gasteiger partial charge in [0, 0.05) is 31.5 Å². The molecular weight excluding hydrogens is 442 g/mol. The number of imidazole rings is 1. The summed E-state index contributed by atoms with van der Waals surface area (Å²) in [6, 6.07) is 16.0. The van der Waals surface area contributed by atoms with Gasteiger partial charge in [-0.2, -0.15) is 0 Å². The lowest BCUT2D eigenvalue weighted by Gasteiger charge is -2.24. The fourth-order valence-corrected chi connectivity index (χ4v) is 4.70. The van der Waals surface area contributed by atoms with Crippen LogP contribution >= 0.6 is 0 Å². The monoisotopic (exact) mass is 471 g/mol. The number of ether oxygens (including phenoxy) is 1. The van der Waals surface area contributed by atoms with E-state index < -0.39 is 6.04 Å². The summed E-state index contributed by atoms with van der Waals surface area (Å²) in [5.74, 6) is 1.41. The summed E-state index contributed by atoms with van der Waals surface area (Å²) in [5, 5.41) is 17.7. The van der Waals surface area contributed by atoms with Crippen LogP contribution in [-0.4, -0.2) is 49.3 Å². The number of benzene rings is 2. The Hall–Kier alpha value is -3.85. The highest BCUT2D eigenvalue weighted by atomic mass is 16.5. The third kappa shape index (κ3) is 4.59. The molecule has 1 aliphatic heterocycles. The predicted molar refractivity (Wildman–Crippen MR) is 131 cm³/mol. The van der Waals surface area contributed by atoms with Crippen LogP contribution in [0.1, 0.15) is 49.1 Å². The number of aryl methyl sites for hydroxylation is 1. The van der Waals surface area contributed by atoms with Crippen LogP contribution in [-0.2, 0) is 28.9 Å². The molecule has 0 fully saturated rings. The molecule has 35 heavy (non-hydrogen) atoms. The van der Waals surface area contributed by atoms with E-state index in [4.69, 9.17) is 9.72 Å². The highest BCUT2D eigenvalue weighted by Gasteiger charge is 2.33. The van der Waals surface area contributed by atoms with Crippen molar-refractivity contribution in [1.29, 1.82) is 0 Å². The van der Waals surface area contributed by atoms with Crippen LogP contribution < -0.4 is 5.32 Å². The first kappa shape index (κ1) is 22.9. The van der Waals surface area contributed by atoms with Crippen molar-refractivity contribution in [3.8, 4) is 22.5 Å². The zero-order valence-electron chi connectivity index (χ0n) is 20.0. The van der Waals surface area contributed by atoms with E-state index in [2.05, 4.69) is 67.8 Å². The molecule has 3 heterocycles. The van der Waals surface area contributed by atoms with Crippen molar-refractivity contribution in [3.05, 3.63) is 71.3 Å². The fraction of sp³-hybridized carbons (Fsp3) is 0.346. The van der Waals surface area contributed by atoms with Crippen molar-refractivity contribution in [3.63, 3.8) is 0 Å². The number of esters is 1. The van der Waals surface area contributed by atoms with Gasteiger partial charge in [-0.05, 0) is 40.5 Å². The van der Waals surface area contributed by atoms with Crippen molar-refractivity contribution in [2.75, 3.05) is 13.2 Å². The number of aromatic nitrogens is 6. The molecule has 0 aliphatic carbocycles.